The number of unbranched alkanes of at least 4 members (excludes halogenated alkanes) is 1. The number of hydrogen-bond acceptors (Lipinski definition) is 7. The molecule has 0 unspecified atom stereocenters. The number of ether oxygens (including phenoxy) is 1. The summed E-state index contributed by atoms with van der Waals surface area (Å²) >= 11 is 0. The smallest absolute Gasteiger partial charge is 0.272 e. The Morgan fingerprint density at radius 2 is 2.20 bits per heavy atom. The molecule has 8 heteroatoms. The van der Waals surface area contributed by atoms with Crippen molar-refractivity contribution in [2.24, 2.45) is 0 Å². The summed E-state index contributed by atoms with van der Waals surface area (Å²) in [6, 6.07) is 2.77. The molecule has 2 heterocycles. The van der Waals surface area contributed by atoms with Gasteiger partial charge in [0.25, 0.3) is 5.91 Å². The fraction of sp³-hybridized carbons (Fsp3) is 0.529. The van der Waals surface area contributed by atoms with Crippen molar-refractivity contribution in [3.63, 3.8) is 0 Å². The van der Waals surface area contributed by atoms with Crippen molar-refractivity contribution in [1.29, 1.82) is 0 Å². The van der Waals surface area contributed by atoms with Crippen LogP contribution in [0.15, 0.2) is 16.7 Å². The van der Waals surface area contributed by atoms with Crippen LogP contribution < -0.4 is 10.1 Å². The maximum Gasteiger partial charge on any atom is 0.272 e. The van der Waals surface area contributed by atoms with Crippen LogP contribution in [0.5, 0.6) is 5.88 Å². The van der Waals surface area contributed by atoms with Crippen LogP contribution in [0.25, 0.3) is 0 Å². The molecule has 0 aromatic carbocycles. The van der Waals surface area contributed by atoms with Crippen molar-refractivity contribution in [3.05, 3.63) is 34.8 Å². The molecular weight excluding hydrogens is 324 g/mol. The zero-order valence-electron chi connectivity index (χ0n) is 14.8. The summed E-state index contributed by atoms with van der Waals surface area (Å²) in [5, 5.41) is 23.4. The Bertz CT molecular complexity index is 684. The topological polar surface area (TPSA) is 110 Å². The van der Waals surface area contributed by atoms with Gasteiger partial charge in [0.05, 0.1) is 17.9 Å². The van der Waals surface area contributed by atoms with Gasteiger partial charge in [0.15, 0.2) is 5.69 Å². The molecule has 136 valence electrons. The van der Waals surface area contributed by atoms with E-state index in [2.05, 4.69) is 27.6 Å². The number of nitrogens with zero attached hydrogens (tertiary/aromatic N) is 3. The second-order valence-electron chi connectivity index (χ2n) is 5.87. The van der Waals surface area contributed by atoms with Crippen LogP contribution in [-0.2, 0) is 13.0 Å². The van der Waals surface area contributed by atoms with E-state index < -0.39 is 5.91 Å². The molecule has 0 fully saturated rings. The summed E-state index contributed by atoms with van der Waals surface area (Å²) in [5.41, 5.74) is 1.99. The number of aryl methyl sites for hydroxylation is 2. The predicted molar refractivity (Wildman–Crippen MR) is 90.2 cm³/mol. The molecule has 0 aliphatic rings. The first kappa shape index (κ1) is 18.9. The standard InChI is InChI=1S/C17H24N4O4/c1-4-5-6-14-13(12(3)25-21-14)10-24-16-8-7-15(19-20-16)17(23)18-11(2)9-22/h7-8,11,22H,4-6,9-10H2,1-3H3,(H,18,23)/t11-/m1/s1. The quantitative estimate of drug-likeness (QED) is 0.711. The van der Waals surface area contributed by atoms with E-state index in [0.29, 0.717) is 5.88 Å². The van der Waals surface area contributed by atoms with Gasteiger partial charge in [0.1, 0.15) is 12.4 Å². The van der Waals surface area contributed by atoms with Gasteiger partial charge in [-0.05, 0) is 32.8 Å². The molecular formula is C17H24N4O4. The lowest BCUT2D eigenvalue weighted by Crippen LogP contribution is -2.35. The fourth-order valence-corrected chi connectivity index (χ4v) is 2.17. The van der Waals surface area contributed by atoms with E-state index in [1.165, 1.54) is 6.07 Å². The summed E-state index contributed by atoms with van der Waals surface area (Å²) in [6.45, 7) is 5.81. The number of rotatable bonds is 9. The van der Waals surface area contributed by atoms with E-state index in [0.717, 1.165) is 36.3 Å². The van der Waals surface area contributed by atoms with E-state index in [1.54, 1.807) is 13.0 Å². The number of carbonyl (C=O) groups is 1. The van der Waals surface area contributed by atoms with E-state index in [1.807, 2.05) is 6.92 Å². The zero-order valence-corrected chi connectivity index (χ0v) is 14.8. The van der Waals surface area contributed by atoms with Gasteiger partial charge < -0.3 is 19.7 Å². The number of nitrogens with one attached hydrogen (secondary N) is 1. The Morgan fingerprint density at radius 1 is 1.40 bits per heavy atom. The van der Waals surface area contributed by atoms with Crippen LogP contribution in [0, 0.1) is 6.92 Å². The van der Waals surface area contributed by atoms with Gasteiger partial charge >= 0.3 is 0 Å². The van der Waals surface area contributed by atoms with Crippen molar-refractivity contribution in [2.45, 2.75) is 52.7 Å². The molecule has 2 aromatic heterocycles. The number of aliphatic hydroxyl groups is 1. The van der Waals surface area contributed by atoms with Gasteiger partial charge in [0, 0.05) is 12.1 Å². The van der Waals surface area contributed by atoms with Crippen molar-refractivity contribution in [1.82, 2.24) is 20.7 Å². The van der Waals surface area contributed by atoms with E-state index >= 15 is 0 Å². The van der Waals surface area contributed by atoms with Gasteiger partial charge in [-0.2, -0.15) is 0 Å². The molecule has 2 rings (SSSR count). The van der Waals surface area contributed by atoms with Gasteiger partial charge in [0.2, 0.25) is 5.88 Å². The van der Waals surface area contributed by atoms with E-state index in [9.17, 15) is 4.79 Å². The minimum absolute atomic E-state index is 0.140. The van der Waals surface area contributed by atoms with Gasteiger partial charge in [-0.1, -0.05) is 18.5 Å². The number of aromatic nitrogens is 3. The summed E-state index contributed by atoms with van der Waals surface area (Å²) < 4.78 is 10.9. The maximum absolute atomic E-state index is 11.9. The highest BCUT2D eigenvalue weighted by molar-refractivity contribution is 5.92. The fourth-order valence-electron chi connectivity index (χ4n) is 2.17. The van der Waals surface area contributed by atoms with Crippen molar-refractivity contribution < 1.29 is 19.2 Å². The number of carbonyl (C=O) groups excluding carboxylic acids is 1. The molecule has 0 aliphatic carbocycles. The van der Waals surface area contributed by atoms with Gasteiger partial charge in [-0.15, -0.1) is 10.2 Å². The first-order valence-corrected chi connectivity index (χ1v) is 8.37. The number of amides is 1. The third-order valence-corrected chi connectivity index (χ3v) is 3.72. The average Bonchev–Trinajstić information content (AvgIpc) is 2.98. The van der Waals surface area contributed by atoms with Crippen molar-refractivity contribution >= 4 is 5.91 Å². The number of hydrogen-bond donors (Lipinski definition) is 2. The maximum atomic E-state index is 11.9. The third kappa shape index (κ3) is 5.25. The highest BCUT2D eigenvalue weighted by Gasteiger charge is 2.14. The molecule has 0 radical (unpaired) electrons. The van der Waals surface area contributed by atoms with Gasteiger partial charge in [-0.3, -0.25) is 4.79 Å². The highest BCUT2D eigenvalue weighted by atomic mass is 16.5. The molecule has 1 amide bonds. The molecule has 2 N–H and O–H groups in total. The van der Waals surface area contributed by atoms with E-state index in [-0.39, 0.29) is 24.9 Å². The first-order valence-electron chi connectivity index (χ1n) is 8.37. The van der Waals surface area contributed by atoms with Crippen LogP contribution in [0.4, 0.5) is 0 Å². The normalized spacial score (nSPS) is 12.0. The molecule has 0 saturated heterocycles. The second-order valence-corrected chi connectivity index (χ2v) is 5.87. The lowest BCUT2D eigenvalue weighted by Gasteiger charge is -2.10. The Labute approximate surface area is 146 Å². The molecule has 0 bridgehead atoms. The number of aliphatic hydroxyl groups excluding tert-OH is 1. The molecule has 0 spiro atoms. The van der Waals surface area contributed by atoms with Crippen molar-refractivity contribution in [2.75, 3.05) is 6.61 Å². The second kappa shape index (κ2) is 9.12. The third-order valence-electron chi connectivity index (χ3n) is 3.72. The SMILES string of the molecule is CCCCc1noc(C)c1COc1ccc(C(=O)N[C@H](C)CO)nn1. The average molecular weight is 348 g/mol. The van der Waals surface area contributed by atoms with Crippen LogP contribution in [0.1, 0.15) is 54.2 Å². The zero-order chi connectivity index (χ0) is 18.2. The molecule has 1 atom stereocenters. The summed E-state index contributed by atoms with van der Waals surface area (Å²) in [4.78, 5) is 11.9. The lowest BCUT2D eigenvalue weighted by molar-refractivity contribution is 0.0916. The first-order chi connectivity index (χ1) is 12.0. The largest absolute Gasteiger partial charge is 0.472 e. The Hall–Kier alpha value is -2.48. The molecule has 0 aliphatic heterocycles. The molecule has 25 heavy (non-hydrogen) atoms. The van der Waals surface area contributed by atoms with Crippen molar-refractivity contribution in [3.8, 4) is 5.88 Å². The monoisotopic (exact) mass is 348 g/mol. The van der Waals surface area contributed by atoms with Crippen LogP contribution in [0.3, 0.4) is 0 Å². The minimum Gasteiger partial charge on any atom is -0.472 e. The summed E-state index contributed by atoms with van der Waals surface area (Å²) in [6.07, 6.45) is 2.96. The lowest BCUT2D eigenvalue weighted by atomic mass is 10.1. The van der Waals surface area contributed by atoms with Crippen LogP contribution in [0.2, 0.25) is 0 Å². The Morgan fingerprint density at radius 3 is 2.84 bits per heavy atom. The van der Waals surface area contributed by atoms with Crippen LogP contribution >= 0.6 is 0 Å². The summed E-state index contributed by atoms with van der Waals surface area (Å²) in [7, 11) is 0. The highest BCUT2D eigenvalue weighted by Crippen LogP contribution is 2.18. The van der Waals surface area contributed by atoms with E-state index in [4.69, 9.17) is 14.4 Å². The Kier molecular flexibility index (Phi) is 6.88. The summed E-state index contributed by atoms with van der Waals surface area (Å²) in [5.74, 6) is 0.652. The molecule has 8 nitrogen and oxygen atoms in total. The predicted octanol–water partition coefficient (Wildman–Crippen LogP) is 1.81. The van der Waals surface area contributed by atoms with Gasteiger partial charge in [-0.25, -0.2) is 0 Å². The molecule has 0 saturated carbocycles. The van der Waals surface area contributed by atoms with Crippen LogP contribution in [-0.4, -0.2) is 39.0 Å². The molecule has 2 aromatic rings. The Balaban J connectivity index is 1.96. The minimum atomic E-state index is -0.391.